The minimum absolute atomic E-state index is 0.179. The zero-order valence-electron chi connectivity index (χ0n) is 15.8. The van der Waals surface area contributed by atoms with Crippen LogP contribution in [-0.4, -0.2) is 24.8 Å². The maximum Gasteiger partial charge on any atom is 0.239 e. The van der Waals surface area contributed by atoms with Crippen LogP contribution in [0.25, 0.3) is 0 Å². The molecule has 142 valence electrons. The molecule has 0 atom stereocenters. The first-order valence-electron chi connectivity index (χ1n) is 8.37. The van der Waals surface area contributed by atoms with Crippen molar-refractivity contribution in [3.63, 3.8) is 0 Å². The topological polar surface area (TPSA) is 96.5 Å². The summed E-state index contributed by atoms with van der Waals surface area (Å²) >= 11 is 0. The molecule has 0 unspecified atom stereocenters. The molecule has 27 heavy (non-hydrogen) atoms. The molecule has 0 saturated carbocycles. The van der Waals surface area contributed by atoms with Gasteiger partial charge >= 0.3 is 0 Å². The molecule has 3 amide bonds. The highest BCUT2D eigenvalue weighted by Crippen LogP contribution is 2.24. The zero-order chi connectivity index (χ0) is 20.0. The summed E-state index contributed by atoms with van der Waals surface area (Å²) in [6, 6.07) is 13.5. The van der Waals surface area contributed by atoms with Crippen molar-refractivity contribution in [3.05, 3.63) is 48.5 Å². The van der Waals surface area contributed by atoms with E-state index < -0.39 is 17.2 Å². The van der Waals surface area contributed by atoms with Crippen LogP contribution in [-0.2, 0) is 14.4 Å². The van der Waals surface area contributed by atoms with Crippen molar-refractivity contribution >= 4 is 34.8 Å². The highest BCUT2D eigenvalue weighted by molar-refractivity contribution is 6.14. The third-order valence-electron chi connectivity index (χ3n) is 3.93. The second kappa shape index (κ2) is 8.35. The number of benzene rings is 2. The second-order valence-corrected chi connectivity index (χ2v) is 6.52. The van der Waals surface area contributed by atoms with Gasteiger partial charge in [-0.05, 0) is 50.2 Å². The van der Waals surface area contributed by atoms with Crippen LogP contribution in [0.2, 0.25) is 0 Å². The van der Waals surface area contributed by atoms with E-state index in [-0.39, 0.29) is 5.91 Å². The number of hydrogen-bond donors (Lipinski definition) is 3. The van der Waals surface area contributed by atoms with Crippen molar-refractivity contribution in [2.24, 2.45) is 5.41 Å². The SMILES string of the molecule is COc1cccc(NC(=O)C(C)(C)C(=O)Nc2ccc(NC(C)=O)cc2)c1. The third kappa shape index (κ3) is 5.31. The molecule has 0 radical (unpaired) electrons. The van der Waals surface area contributed by atoms with Crippen molar-refractivity contribution in [3.8, 4) is 5.75 Å². The van der Waals surface area contributed by atoms with E-state index in [1.54, 1.807) is 62.4 Å². The molecule has 2 rings (SSSR count). The van der Waals surface area contributed by atoms with E-state index >= 15 is 0 Å². The maximum absolute atomic E-state index is 12.6. The van der Waals surface area contributed by atoms with Crippen LogP contribution in [0.15, 0.2) is 48.5 Å². The Balaban J connectivity index is 2.04. The Morgan fingerprint density at radius 2 is 1.33 bits per heavy atom. The largest absolute Gasteiger partial charge is 0.497 e. The lowest BCUT2D eigenvalue weighted by Gasteiger charge is -2.23. The van der Waals surface area contributed by atoms with Crippen LogP contribution in [0.3, 0.4) is 0 Å². The van der Waals surface area contributed by atoms with E-state index in [4.69, 9.17) is 4.74 Å². The first-order valence-corrected chi connectivity index (χ1v) is 8.37. The van der Waals surface area contributed by atoms with Gasteiger partial charge in [-0.25, -0.2) is 0 Å². The van der Waals surface area contributed by atoms with Gasteiger partial charge in [0, 0.05) is 30.1 Å². The molecule has 0 saturated heterocycles. The van der Waals surface area contributed by atoms with Crippen LogP contribution in [0.1, 0.15) is 20.8 Å². The van der Waals surface area contributed by atoms with Gasteiger partial charge < -0.3 is 20.7 Å². The van der Waals surface area contributed by atoms with Crippen molar-refractivity contribution in [1.82, 2.24) is 0 Å². The monoisotopic (exact) mass is 369 g/mol. The van der Waals surface area contributed by atoms with Gasteiger partial charge in [0.05, 0.1) is 7.11 Å². The van der Waals surface area contributed by atoms with Crippen molar-refractivity contribution in [2.75, 3.05) is 23.1 Å². The van der Waals surface area contributed by atoms with Gasteiger partial charge in [-0.1, -0.05) is 6.07 Å². The summed E-state index contributed by atoms with van der Waals surface area (Å²) in [6.07, 6.45) is 0. The maximum atomic E-state index is 12.6. The Labute approximate surface area is 158 Å². The molecule has 0 fully saturated rings. The summed E-state index contributed by atoms with van der Waals surface area (Å²) in [5, 5.41) is 8.09. The molecule has 0 heterocycles. The standard InChI is InChI=1S/C20H23N3O4/c1-13(24)21-14-8-10-15(11-9-14)22-18(25)20(2,3)19(26)23-16-6-5-7-17(12-16)27-4/h5-12H,1-4H3,(H,21,24)(H,22,25)(H,23,26). The summed E-state index contributed by atoms with van der Waals surface area (Å²) in [5.74, 6) is -0.463. The predicted molar refractivity (Wildman–Crippen MR) is 105 cm³/mol. The number of methoxy groups -OCH3 is 1. The van der Waals surface area contributed by atoms with E-state index in [1.165, 1.54) is 14.0 Å². The lowest BCUT2D eigenvalue weighted by molar-refractivity contribution is -0.135. The number of carbonyl (C=O) groups is 3. The number of rotatable bonds is 6. The lowest BCUT2D eigenvalue weighted by Crippen LogP contribution is -2.41. The molecule has 2 aromatic carbocycles. The normalized spacial score (nSPS) is 10.7. The van der Waals surface area contributed by atoms with E-state index in [2.05, 4.69) is 16.0 Å². The van der Waals surface area contributed by atoms with Gasteiger partial charge in [0.2, 0.25) is 17.7 Å². The average Bonchev–Trinajstić information content (AvgIpc) is 2.63. The quantitative estimate of drug-likeness (QED) is 0.681. The smallest absolute Gasteiger partial charge is 0.239 e. The molecule has 3 N–H and O–H groups in total. The third-order valence-corrected chi connectivity index (χ3v) is 3.93. The number of nitrogens with one attached hydrogen (secondary N) is 3. The molecule has 0 aliphatic heterocycles. The van der Waals surface area contributed by atoms with Crippen LogP contribution >= 0.6 is 0 Å². The molecule has 0 aliphatic rings. The minimum atomic E-state index is -1.31. The summed E-state index contributed by atoms with van der Waals surface area (Å²) in [7, 11) is 1.54. The van der Waals surface area contributed by atoms with Gasteiger partial charge in [0.1, 0.15) is 11.2 Å². The second-order valence-electron chi connectivity index (χ2n) is 6.52. The zero-order valence-corrected chi connectivity index (χ0v) is 15.8. The first-order chi connectivity index (χ1) is 12.7. The van der Waals surface area contributed by atoms with E-state index in [1.807, 2.05) is 0 Å². The van der Waals surface area contributed by atoms with Crippen molar-refractivity contribution < 1.29 is 19.1 Å². The Bertz CT molecular complexity index is 845. The van der Waals surface area contributed by atoms with Gasteiger partial charge in [-0.3, -0.25) is 14.4 Å². The molecule has 0 aromatic heterocycles. The molecule has 0 spiro atoms. The number of carbonyl (C=O) groups excluding carboxylic acids is 3. The van der Waals surface area contributed by atoms with Crippen LogP contribution < -0.4 is 20.7 Å². The summed E-state index contributed by atoms with van der Waals surface area (Å²) in [6.45, 7) is 4.51. The minimum Gasteiger partial charge on any atom is -0.497 e. The van der Waals surface area contributed by atoms with E-state index in [0.717, 1.165) is 0 Å². The molecular formula is C20H23N3O4. The Kier molecular flexibility index (Phi) is 6.18. The molecule has 0 bridgehead atoms. The lowest BCUT2D eigenvalue weighted by atomic mass is 9.90. The van der Waals surface area contributed by atoms with E-state index in [9.17, 15) is 14.4 Å². The van der Waals surface area contributed by atoms with Crippen molar-refractivity contribution in [1.29, 1.82) is 0 Å². The number of anilines is 3. The Morgan fingerprint density at radius 3 is 1.85 bits per heavy atom. The fraction of sp³-hybridized carbons (Fsp3) is 0.250. The van der Waals surface area contributed by atoms with Gasteiger partial charge in [0.15, 0.2) is 0 Å². The van der Waals surface area contributed by atoms with Crippen LogP contribution in [0, 0.1) is 5.41 Å². The highest BCUT2D eigenvalue weighted by atomic mass is 16.5. The molecule has 7 heteroatoms. The Morgan fingerprint density at radius 1 is 0.815 bits per heavy atom. The van der Waals surface area contributed by atoms with Gasteiger partial charge in [-0.2, -0.15) is 0 Å². The summed E-state index contributed by atoms with van der Waals surface area (Å²) in [4.78, 5) is 36.2. The van der Waals surface area contributed by atoms with Crippen LogP contribution in [0.5, 0.6) is 5.75 Å². The van der Waals surface area contributed by atoms with Gasteiger partial charge in [0.25, 0.3) is 0 Å². The first kappa shape index (κ1) is 20.0. The van der Waals surface area contributed by atoms with Crippen molar-refractivity contribution in [2.45, 2.75) is 20.8 Å². The highest BCUT2D eigenvalue weighted by Gasteiger charge is 2.36. The fourth-order valence-electron chi connectivity index (χ4n) is 2.22. The number of amides is 3. The van der Waals surface area contributed by atoms with E-state index in [0.29, 0.717) is 22.8 Å². The Hall–Kier alpha value is -3.35. The average molecular weight is 369 g/mol. The summed E-state index contributed by atoms with van der Waals surface area (Å²) < 4.78 is 5.13. The number of hydrogen-bond acceptors (Lipinski definition) is 4. The molecule has 0 aliphatic carbocycles. The number of ether oxygens (including phenoxy) is 1. The molecular weight excluding hydrogens is 346 g/mol. The van der Waals surface area contributed by atoms with Crippen LogP contribution in [0.4, 0.5) is 17.1 Å². The molecule has 7 nitrogen and oxygen atoms in total. The fourth-order valence-corrected chi connectivity index (χ4v) is 2.22. The molecule has 2 aromatic rings. The summed E-state index contributed by atoms with van der Waals surface area (Å²) in [5.41, 5.74) is 0.381. The predicted octanol–water partition coefficient (Wildman–Crippen LogP) is 3.26. The van der Waals surface area contributed by atoms with Gasteiger partial charge in [-0.15, -0.1) is 0 Å².